The maximum absolute atomic E-state index is 13.2. The standard InChI is InChI=1S/C29H28N2O3S2/c1-21-9-11-23(12-10-21)28(22-7-5-4-6-8-22)30-29(32)24-13-15-25(16-14-24)31(2)36(33,34)27-19-17-26(35-3)18-20-27/h4-20,28H,1-3H3,(H,30,32)/t28-/m1/s1. The van der Waals surface area contributed by atoms with Crippen molar-refractivity contribution in [1.29, 1.82) is 0 Å². The van der Waals surface area contributed by atoms with Crippen molar-refractivity contribution in [3.63, 3.8) is 0 Å². The summed E-state index contributed by atoms with van der Waals surface area (Å²) in [6.07, 6.45) is 1.94. The number of carbonyl (C=O) groups is 1. The summed E-state index contributed by atoms with van der Waals surface area (Å²) in [4.78, 5) is 14.4. The van der Waals surface area contributed by atoms with Crippen molar-refractivity contribution in [2.45, 2.75) is 22.8 Å². The number of hydrogen-bond donors (Lipinski definition) is 1. The average Bonchev–Trinajstić information content (AvgIpc) is 2.92. The molecular weight excluding hydrogens is 488 g/mol. The van der Waals surface area contributed by atoms with Crippen LogP contribution >= 0.6 is 11.8 Å². The summed E-state index contributed by atoms with van der Waals surface area (Å²) < 4.78 is 27.4. The number of carbonyl (C=O) groups excluding carboxylic acids is 1. The second-order valence-electron chi connectivity index (χ2n) is 8.42. The van der Waals surface area contributed by atoms with Gasteiger partial charge in [-0.3, -0.25) is 9.10 Å². The first-order chi connectivity index (χ1) is 17.3. The van der Waals surface area contributed by atoms with Gasteiger partial charge in [0.05, 0.1) is 16.6 Å². The van der Waals surface area contributed by atoms with Gasteiger partial charge in [0, 0.05) is 17.5 Å². The lowest BCUT2D eigenvalue weighted by atomic mass is 9.97. The van der Waals surface area contributed by atoms with Gasteiger partial charge in [-0.05, 0) is 72.8 Å². The monoisotopic (exact) mass is 516 g/mol. The average molecular weight is 517 g/mol. The van der Waals surface area contributed by atoms with Gasteiger partial charge in [-0.1, -0.05) is 60.2 Å². The zero-order valence-corrected chi connectivity index (χ0v) is 22.0. The first-order valence-corrected chi connectivity index (χ1v) is 14.1. The molecule has 4 aromatic rings. The van der Waals surface area contributed by atoms with Crippen molar-refractivity contribution in [1.82, 2.24) is 5.32 Å². The molecule has 7 heteroatoms. The molecule has 184 valence electrons. The van der Waals surface area contributed by atoms with Gasteiger partial charge < -0.3 is 5.32 Å². The fraction of sp³-hybridized carbons (Fsp3) is 0.138. The number of nitrogens with one attached hydrogen (secondary N) is 1. The summed E-state index contributed by atoms with van der Waals surface area (Å²) in [6, 6.07) is 30.9. The van der Waals surface area contributed by atoms with Crippen LogP contribution in [0.3, 0.4) is 0 Å². The van der Waals surface area contributed by atoms with Crippen LogP contribution in [0, 0.1) is 6.92 Å². The van der Waals surface area contributed by atoms with Crippen molar-refractivity contribution < 1.29 is 13.2 Å². The van der Waals surface area contributed by atoms with Gasteiger partial charge in [-0.25, -0.2) is 8.42 Å². The second-order valence-corrected chi connectivity index (χ2v) is 11.3. The second kappa shape index (κ2) is 11.0. The van der Waals surface area contributed by atoms with E-state index in [1.807, 2.05) is 67.8 Å². The largest absolute Gasteiger partial charge is 0.341 e. The van der Waals surface area contributed by atoms with E-state index in [1.54, 1.807) is 60.3 Å². The molecule has 0 saturated heterocycles. The zero-order chi connectivity index (χ0) is 25.7. The normalized spacial score (nSPS) is 12.1. The Hall–Kier alpha value is -3.55. The van der Waals surface area contributed by atoms with Gasteiger partial charge in [0.25, 0.3) is 15.9 Å². The Morgan fingerprint density at radius 2 is 1.39 bits per heavy atom. The van der Waals surface area contributed by atoms with E-state index in [2.05, 4.69) is 5.32 Å². The Labute approximate surface area is 217 Å². The molecule has 0 aliphatic carbocycles. The quantitative estimate of drug-likeness (QED) is 0.289. The number of nitrogens with zero attached hydrogens (tertiary/aromatic N) is 1. The molecule has 0 saturated carbocycles. The van der Waals surface area contributed by atoms with Crippen LogP contribution in [0.15, 0.2) is 113 Å². The number of aryl methyl sites for hydroxylation is 1. The molecule has 4 rings (SSSR count). The maximum atomic E-state index is 13.2. The topological polar surface area (TPSA) is 66.5 Å². The number of amides is 1. The molecule has 0 aliphatic rings. The third-order valence-electron chi connectivity index (χ3n) is 6.03. The highest BCUT2D eigenvalue weighted by atomic mass is 32.2. The molecule has 0 aromatic heterocycles. The molecule has 1 N–H and O–H groups in total. The lowest BCUT2D eigenvalue weighted by Gasteiger charge is -2.21. The third-order valence-corrected chi connectivity index (χ3v) is 8.57. The molecule has 0 radical (unpaired) electrons. The predicted octanol–water partition coefficient (Wildman–Crippen LogP) is 6.06. The van der Waals surface area contributed by atoms with E-state index in [1.165, 1.54) is 11.4 Å². The Morgan fingerprint density at radius 3 is 1.97 bits per heavy atom. The van der Waals surface area contributed by atoms with Crippen molar-refractivity contribution in [2.24, 2.45) is 0 Å². The maximum Gasteiger partial charge on any atom is 0.264 e. The number of thioether (sulfide) groups is 1. The molecular formula is C29H28N2O3S2. The molecule has 0 heterocycles. The van der Waals surface area contributed by atoms with Crippen molar-refractivity contribution >= 4 is 33.4 Å². The van der Waals surface area contributed by atoms with E-state index in [9.17, 15) is 13.2 Å². The third kappa shape index (κ3) is 5.64. The fourth-order valence-corrected chi connectivity index (χ4v) is 5.45. The Bertz CT molecular complexity index is 1420. The molecule has 1 amide bonds. The van der Waals surface area contributed by atoms with Crippen LogP contribution in [0.25, 0.3) is 0 Å². The molecule has 0 aliphatic heterocycles. The van der Waals surface area contributed by atoms with E-state index in [4.69, 9.17) is 0 Å². The number of rotatable bonds is 8. The Kier molecular flexibility index (Phi) is 7.82. The van der Waals surface area contributed by atoms with Gasteiger partial charge in [0.15, 0.2) is 0 Å². The Morgan fingerprint density at radius 1 is 0.806 bits per heavy atom. The van der Waals surface area contributed by atoms with Crippen LogP contribution < -0.4 is 9.62 Å². The van der Waals surface area contributed by atoms with Crippen molar-refractivity contribution in [3.05, 3.63) is 125 Å². The van der Waals surface area contributed by atoms with Gasteiger partial charge in [0.1, 0.15) is 0 Å². The van der Waals surface area contributed by atoms with E-state index in [-0.39, 0.29) is 16.8 Å². The van der Waals surface area contributed by atoms with Gasteiger partial charge in [-0.2, -0.15) is 0 Å². The summed E-state index contributed by atoms with van der Waals surface area (Å²) in [5.41, 5.74) is 4.02. The molecule has 36 heavy (non-hydrogen) atoms. The predicted molar refractivity (Wildman–Crippen MR) is 147 cm³/mol. The molecule has 0 unspecified atom stereocenters. The lowest BCUT2D eigenvalue weighted by molar-refractivity contribution is 0.0943. The molecule has 0 fully saturated rings. The summed E-state index contributed by atoms with van der Waals surface area (Å²) in [7, 11) is -2.21. The minimum Gasteiger partial charge on any atom is -0.341 e. The summed E-state index contributed by atoms with van der Waals surface area (Å²) >= 11 is 1.55. The first kappa shape index (κ1) is 25.5. The van der Waals surface area contributed by atoms with E-state index in [0.717, 1.165) is 21.6 Å². The number of sulfonamides is 1. The zero-order valence-electron chi connectivity index (χ0n) is 20.4. The number of benzene rings is 4. The minimum atomic E-state index is -3.72. The van der Waals surface area contributed by atoms with Crippen molar-refractivity contribution in [2.75, 3.05) is 17.6 Å². The summed E-state index contributed by atoms with van der Waals surface area (Å²) in [6.45, 7) is 2.03. The van der Waals surface area contributed by atoms with E-state index in [0.29, 0.717) is 11.3 Å². The summed E-state index contributed by atoms with van der Waals surface area (Å²) in [5, 5.41) is 3.13. The number of hydrogen-bond acceptors (Lipinski definition) is 4. The highest BCUT2D eigenvalue weighted by molar-refractivity contribution is 7.98. The molecule has 1 atom stereocenters. The Balaban J connectivity index is 1.54. The van der Waals surface area contributed by atoms with Gasteiger partial charge in [0.2, 0.25) is 0 Å². The minimum absolute atomic E-state index is 0.216. The summed E-state index contributed by atoms with van der Waals surface area (Å²) in [5.74, 6) is -0.242. The lowest BCUT2D eigenvalue weighted by Crippen LogP contribution is -2.29. The van der Waals surface area contributed by atoms with Crippen LogP contribution in [0.2, 0.25) is 0 Å². The highest BCUT2D eigenvalue weighted by Crippen LogP contribution is 2.26. The molecule has 4 aromatic carbocycles. The fourth-order valence-electron chi connectivity index (χ4n) is 3.85. The van der Waals surface area contributed by atoms with Crippen molar-refractivity contribution in [3.8, 4) is 0 Å². The molecule has 0 spiro atoms. The van der Waals surface area contributed by atoms with Crippen LogP contribution in [0.4, 0.5) is 5.69 Å². The van der Waals surface area contributed by atoms with Crippen LogP contribution in [0.5, 0.6) is 0 Å². The molecule has 5 nitrogen and oxygen atoms in total. The first-order valence-electron chi connectivity index (χ1n) is 11.4. The van der Waals surface area contributed by atoms with Gasteiger partial charge >= 0.3 is 0 Å². The van der Waals surface area contributed by atoms with Crippen LogP contribution in [0.1, 0.15) is 33.1 Å². The van der Waals surface area contributed by atoms with Crippen LogP contribution in [-0.2, 0) is 10.0 Å². The number of anilines is 1. The highest BCUT2D eigenvalue weighted by Gasteiger charge is 2.22. The van der Waals surface area contributed by atoms with E-state index >= 15 is 0 Å². The van der Waals surface area contributed by atoms with Gasteiger partial charge in [-0.15, -0.1) is 11.8 Å². The van der Waals surface area contributed by atoms with Crippen LogP contribution in [-0.4, -0.2) is 27.6 Å². The van der Waals surface area contributed by atoms with E-state index < -0.39 is 10.0 Å². The SMILES string of the molecule is CSc1ccc(S(=O)(=O)N(C)c2ccc(C(=O)N[C@H](c3ccccc3)c3ccc(C)cc3)cc2)cc1. The molecule has 0 bridgehead atoms. The smallest absolute Gasteiger partial charge is 0.264 e.